The van der Waals surface area contributed by atoms with E-state index in [4.69, 9.17) is 11.6 Å². The second-order valence-electron chi connectivity index (χ2n) is 7.93. The first kappa shape index (κ1) is 20.1. The van der Waals surface area contributed by atoms with Crippen LogP contribution in [-0.4, -0.2) is 24.5 Å². The number of nitriles is 1. The van der Waals surface area contributed by atoms with Crippen molar-refractivity contribution in [2.24, 2.45) is 0 Å². The normalized spacial score (nSPS) is 11.4. The number of aromatic amines is 1. The van der Waals surface area contributed by atoms with Gasteiger partial charge in [0.15, 0.2) is 5.52 Å². The Morgan fingerprint density at radius 1 is 1.09 bits per heavy atom. The van der Waals surface area contributed by atoms with Crippen LogP contribution in [0.15, 0.2) is 71.8 Å². The molecule has 9 heteroatoms. The summed E-state index contributed by atoms with van der Waals surface area (Å²) in [4.78, 5) is 13.8. The highest BCUT2D eigenvalue weighted by molar-refractivity contribution is 6.32. The Kier molecular flexibility index (Phi) is 4.47. The van der Waals surface area contributed by atoms with Gasteiger partial charge in [0.25, 0.3) is 5.56 Å². The predicted octanol–water partition coefficient (Wildman–Crippen LogP) is 4.93. The number of hydrogen-bond acceptors (Lipinski definition) is 4. The molecular formula is C25H14ClFN6O. The van der Waals surface area contributed by atoms with Crippen LogP contribution in [0.25, 0.3) is 38.4 Å². The highest BCUT2D eigenvalue weighted by Crippen LogP contribution is 2.31. The number of hydrogen-bond donors (Lipinski definition) is 1. The van der Waals surface area contributed by atoms with Gasteiger partial charge in [-0.3, -0.25) is 19.1 Å². The lowest BCUT2D eigenvalue weighted by Gasteiger charge is -2.13. The van der Waals surface area contributed by atoms with E-state index in [1.807, 2.05) is 18.2 Å². The first-order valence-electron chi connectivity index (χ1n) is 10.4. The van der Waals surface area contributed by atoms with Crippen molar-refractivity contribution in [1.82, 2.24) is 24.5 Å². The van der Waals surface area contributed by atoms with Gasteiger partial charge in [-0.2, -0.15) is 15.5 Å². The second-order valence-corrected chi connectivity index (χ2v) is 8.33. The van der Waals surface area contributed by atoms with Gasteiger partial charge in [0, 0.05) is 22.4 Å². The molecule has 0 saturated heterocycles. The van der Waals surface area contributed by atoms with Crippen molar-refractivity contribution in [2.45, 2.75) is 6.54 Å². The maximum Gasteiger partial charge on any atom is 0.284 e. The summed E-state index contributed by atoms with van der Waals surface area (Å²) < 4.78 is 16.5. The van der Waals surface area contributed by atoms with E-state index < -0.39 is 0 Å². The Bertz CT molecular complexity index is 1840. The fourth-order valence-corrected chi connectivity index (χ4v) is 4.49. The molecule has 0 spiro atoms. The summed E-state index contributed by atoms with van der Waals surface area (Å²) in [5.41, 5.74) is 3.01. The number of H-pyrrole nitrogens is 1. The first-order chi connectivity index (χ1) is 16.5. The third-order valence-electron chi connectivity index (χ3n) is 5.86. The lowest BCUT2D eigenvalue weighted by atomic mass is 10.1. The van der Waals surface area contributed by atoms with Gasteiger partial charge in [-0.25, -0.2) is 4.39 Å². The molecule has 0 fully saturated rings. The molecule has 0 amide bonds. The molecule has 164 valence electrons. The number of halogens is 2. The number of rotatable bonds is 3. The summed E-state index contributed by atoms with van der Waals surface area (Å²) in [6.45, 7) is 0.353. The number of nitrogens with zero attached hydrogens (tertiary/aromatic N) is 5. The lowest BCUT2D eigenvalue weighted by Crippen LogP contribution is -2.20. The van der Waals surface area contributed by atoms with Crippen molar-refractivity contribution in [3.05, 3.63) is 99.3 Å². The van der Waals surface area contributed by atoms with Crippen LogP contribution < -0.4 is 5.56 Å². The van der Waals surface area contributed by atoms with Crippen LogP contribution in [0.5, 0.6) is 0 Å². The summed E-state index contributed by atoms with van der Waals surface area (Å²) in [6, 6.07) is 17.0. The van der Waals surface area contributed by atoms with Crippen LogP contribution in [0.3, 0.4) is 0 Å². The van der Waals surface area contributed by atoms with E-state index in [0.29, 0.717) is 34.1 Å². The molecule has 3 aromatic heterocycles. The third kappa shape index (κ3) is 3.06. The standard InChI is InChI=1S/C25H14ClFN6O/c26-20-9-23-17(8-15(20)10-28)19-13-32(12-14-4-6-16(27)7-5-14)31-24(19)25(34)33(23)22-3-1-2-21-18(22)11-29-30-21/h1-9,11,13H,12H2,(H,29,30). The molecule has 6 aromatic rings. The second kappa shape index (κ2) is 7.54. The molecule has 7 nitrogen and oxygen atoms in total. The van der Waals surface area contributed by atoms with Gasteiger partial charge in [-0.05, 0) is 42.0 Å². The van der Waals surface area contributed by atoms with Gasteiger partial charge < -0.3 is 0 Å². The van der Waals surface area contributed by atoms with E-state index in [1.165, 1.54) is 12.1 Å². The number of fused-ring (bicyclic) bond motifs is 4. The maximum atomic E-state index is 13.8. The fourth-order valence-electron chi connectivity index (χ4n) is 4.29. The number of pyridine rings is 1. The summed E-state index contributed by atoms with van der Waals surface area (Å²) >= 11 is 6.38. The number of benzene rings is 3. The molecule has 1 N–H and O–H groups in total. The smallest absolute Gasteiger partial charge is 0.278 e. The topological polar surface area (TPSA) is 92.3 Å². The van der Waals surface area contributed by atoms with Gasteiger partial charge in [-0.1, -0.05) is 29.8 Å². The molecule has 0 atom stereocenters. The predicted molar refractivity (Wildman–Crippen MR) is 128 cm³/mol. The molecular weight excluding hydrogens is 455 g/mol. The molecule has 0 aliphatic carbocycles. The van der Waals surface area contributed by atoms with E-state index in [1.54, 1.807) is 45.9 Å². The highest BCUT2D eigenvalue weighted by atomic mass is 35.5. The van der Waals surface area contributed by atoms with Gasteiger partial charge in [0.2, 0.25) is 0 Å². The van der Waals surface area contributed by atoms with Crippen LogP contribution in [-0.2, 0) is 6.54 Å². The van der Waals surface area contributed by atoms with Gasteiger partial charge in [0.05, 0.1) is 40.0 Å². The van der Waals surface area contributed by atoms with E-state index in [9.17, 15) is 14.4 Å². The molecule has 0 aliphatic heterocycles. The van der Waals surface area contributed by atoms with E-state index in [-0.39, 0.29) is 21.9 Å². The summed E-state index contributed by atoms with van der Waals surface area (Å²) in [5, 5.41) is 23.4. The lowest BCUT2D eigenvalue weighted by molar-refractivity contribution is 0.624. The SMILES string of the molecule is N#Cc1cc2c3cn(Cc4ccc(F)cc4)nc3c(=O)n(-c3cccc4[nH]ncc34)c2cc1Cl. The van der Waals surface area contributed by atoms with Crippen LogP contribution in [0.2, 0.25) is 5.02 Å². The van der Waals surface area contributed by atoms with Crippen molar-refractivity contribution in [2.75, 3.05) is 0 Å². The minimum absolute atomic E-state index is 0.251. The van der Waals surface area contributed by atoms with Crippen molar-refractivity contribution in [3.8, 4) is 11.8 Å². The van der Waals surface area contributed by atoms with Crippen LogP contribution in [0.4, 0.5) is 4.39 Å². The molecule has 34 heavy (non-hydrogen) atoms. The minimum Gasteiger partial charge on any atom is -0.278 e. The van der Waals surface area contributed by atoms with Crippen molar-refractivity contribution in [3.63, 3.8) is 0 Å². The summed E-state index contributed by atoms with van der Waals surface area (Å²) in [5.74, 6) is -0.322. The van der Waals surface area contributed by atoms with Crippen LogP contribution in [0.1, 0.15) is 11.1 Å². The summed E-state index contributed by atoms with van der Waals surface area (Å²) in [6.07, 6.45) is 3.42. The van der Waals surface area contributed by atoms with E-state index in [2.05, 4.69) is 21.4 Å². The minimum atomic E-state index is -0.324. The Morgan fingerprint density at radius 3 is 2.71 bits per heavy atom. The molecule has 3 heterocycles. The average Bonchev–Trinajstić information content (AvgIpc) is 3.48. The Morgan fingerprint density at radius 2 is 1.91 bits per heavy atom. The van der Waals surface area contributed by atoms with Crippen molar-refractivity contribution < 1.29 is 4.39 Å². The summed E-state index contributed by atoms with van der Waals surface area (Å²) in [7, 11) is 0. The number of nitrogens with one attached hydrogen (secondary N) is 1. The largest absolute Gasteiger partial charge is 0.284 e. The molecule has 0 radical (unpaired) electrons. The van der Waals surface area contributed by atoms with Gasteiger partial charge in [-0.15, -0.1) is 0 Å². The quantitative estimate of drug-likeness (QED) is 0.398. The zero-order valence-corrected chi connectivity index (χ0v) is 18.2. The zero-order chi connectivity index (χ0) is 23.4. The monoisotopic (exact) mass is 468 g/mol. The molecule has 0 unspecified atom stereocenters. The van der Waals surface area contributed by atoms with Gasteiger partial charge in [0.1, 0.15) is 11.9 Å². The first-order valence-corrected chi connectivity index (χ1v) is 10.7. The van der Waals surface area contributed by atoms with Crippen LogP contribution in [0, 0.1) is 17.1 Å². The Labute approximate surface area is 196 Å². The van der Waals surface area contributed by atoms with E-state index in [0.717, 1.165) is 16.5 Å². The molecule has 0 bridgehead atoms. The highest BCUT2D eigenvalue weighted by Gasteiger charge is 2.19. The van der Waals surface area contributed by atoms with Crippen LogP contribution >= 0.6 is 11.6 Å². The molecule has 3 aromatic carbocycles. The maximum absolute atomic E-state index is 13.8. The third-order valence-corrected chi connectivity index (χ3v) is 6.18. The molecule has 0 saturated carbocycles. The average molecular weight is 469 g/mol. The Hall–Kier alpha value is -4.48. The van der Waals surface area contributed by atoms with Crippen molar-refractivity contribution >= 4 is 44.3 Å². The van der Waals surface area contributed by atoms with Gasteiger partial charge >= 0.3 is 0 Å². The zero-order valence-electron chi connectivity index (χ0n) is 17.5. The fraction of sp³-hybridized carbons (Fsp3) is 0.0400. The van der Waals surface area contributed by atoms with E-state index >= 15 is 0 Å². The molecule has 6 rings (SSSR count). The molecule has 0 aliphatic rings. The number of aromatic nitrogens is 5. The van der Waals surface area contributed by atoms with Crippen molar-refractivity contribution in [1.29, 1.82) is 5.26 Å². The Balaban J connectivity index is 1.68.